The number of sulfonamides is 1. The van der Waals surface area contributed by atoms with E-state index in [1.807, 2.05) is 0 Å². The first kappa shape index (κ1) is 16.9. The average molecular weight is 337 g/mol. The van der Waals surface area contributed by atoms with Gasteiger partial charge in [0.25, 0.3) is 5.91 Å². The molecule has 0 atom stereocenters. The summed E-state index contributed by atoms with van der Waals surface area (Å²) in [6.45, 7) is 0.295. The third-order valence-corrected chi connectivity index (χ3v) is 4.14. The Labute approximate surface area is 133 Å². The van der Waals surface area contributed by atoms with E-state index >= 15 is 0 Å². The number of anilines is 1. The highest BCUT2D eigenvalue weighted by molar-refractivity contribution is 7.89. The van der Waals surface area contributed by atoms with Crippen LogP contribution < -0.4 is 16.2 Å². The zero-order valence-electron chi connectivity index (χ0n) is 12.1. The molecule has 8 heteroatoms. The number of nitrogen functional groups attached to an aromatic ring is 1. The summed E-state index contributed by atoms with van der Waals surface area (Å²) < 4.78 is 35.4. The van der Waals surface area contributed by atoms with Gasteiger partial charge in [0.1, 0.15) is 5.82 Å². The van der Waals surface area contributed by atoms with Crippen molar-refractivity contribution in [1.82, 2.24) is 5.32 Å². The smallest absolute Gasteiger partial charge is 0.253 e. The van der Waals surface area contributed by atoms with Crippen LogP contribution in [-0.2, 0) is 16.4 Å². The highest BCUT2D eigenvalue weighted by atomic mass is 32.2. The van der Waals surface area contributed by atoms with Crippen LogP contribution in [0, 0.1) is 5.82 Å². The fraction of sp³-hybridized carbons (Fsp3) is 0.133. The normalized spacial score (nSPS) is 11.2. The lowest BCUT2D eigenvalue weighted by atomic mass is 10.1. The molecule has 0 heterocycles. The van der Waals surface area contributed by atoms with E-state index in [9.17, 15) is 17.6 Å². The Morgan fingerprint density at radius 3 is 2.39 bits per heavy atom. The van der Waals surface area contributed by atoms with Gasteiger partial charge in [-0.2, -0.15) is 0 Å². The first-order valence-electron chi connectivity index (χ1n) is 6.72. The average Bonchev–Trinajstić information content (AvgIpc) is 2.49. The van der Waals surface area contributed by atoms with Gasteiger partial charge in [-0.15, -0.1) is 0 Å². The Kier molecular flexibility index (Phi) is 4.97. The zero-order chi connectivity index (χ0) is 17.0. The van der Waals surface area contributed by atoms with Crippen LogP contribution >= 0.6 is 0 Å². The number of hydrogen-bond acceptors (Lipinski definition) is 4. The summed E-state index contributed by atoms with van der Waals surface area (Å²) >= 11 is 0. The predicted octanol–water partition coefficient (Wildman–Crippen LogP) is 1.03. The van der Waals surface area contributed by atoms with Gasteiger partial charge in [0.2, 0.25) is 10.0 Å². The van der Waals surface area contributed by atoms with Gasteiger partial charge in [0.05, 0.1) is 10.5 Å². The lowest BCUT2D eigenvalue weighted by Gasteiger charge is -2.08. The van der Waals surface area contributed by atoms with Gasteiger partial charge >= 0.3 is 0 Å². The molecule has 0 radical (unpaired) electrons. The van der Waals surface area contributed by atoms with Crippen molar-refractivity contribution in [2.45, 2.75) is 11.3 Å². The molecule has 5 N–H and O–H groups in total. The summed E-state index contributed by atoms with van der Waals surface area (Å²) in [6, 6.07) is 9.61. The Morgan fingerprint density at radius 1 is 1.13 bits per heavy atom. The minimum atomic E-state index is -3.72. The SMILES string of the molecule is Nc1ccc(F)cc1C(=O)NCCc1ccc(S(N)(=O)=O)cc1. The highest BCUT2D eigenvalue weighted by Crippen LogP contribution is 2.13. The van der Waals surface area contributed by atoms with E-state index < -0.39 is 21.7 Å². The molecule has 2 aromatic rings. The van der Waals surface area contributed by atoms with Gasteiger partial charge in [-0.3, -0.25) is 4.79 Å². The van der Waals surface area contributed by atoms with Crippen LogP contribution in [0.3, 0.4) is 0 Å². The molecule has 0 aliphatic heterocycles. The molecule has 6 nitrogen and oxygen atoms in total. The summed E-state index contributed by atoms with van der Waals surface area (Å²) in [4.78, 5) is 12.0. The van der Waals surface area contributed by atoms with Gasteiger partial charge in [0, 0.05) is 12.2 Å². The molecular weight excluding hydrogens is 321 g/mol. The van der Waals surface area contributed by atoms with E-state index in [0.29, 0.717) is 13.0 Å². The zero-order valence-corrected chi connectivity index (χ0v) is 12.9. The van der Waals surface area contributed by atoms with Crippen molar-refractivity contribution < 1.29 is 17.6 Å². The second kappa shape index (κ2) is 6.76. The second-order valence-corrected chi connectivity index (χ2v) is 6.49. The standard InChI is InChI=1S/C15H16FN3O3S/c16-11-3-6-14(17)13(9-11)15(20)19-8-7-10-1-4-12(5-2-10)23(18,21)22/h1-6,9H,7-8,17H2,(H,19,20)(H2,18,21,22). The molecule has 122 valence electrons. The van der Waals surface area contributed by atoms with Crippen molar-refractivity contribution in [3.05, 3.63) is 59.4 Å². The molecule has 2 rings (SSSR count). The number of hydrogen-bond donors (Lipinski definition) is 3. The first-order valence-corrected chi connectivity index (χ1v) is 8.27. The topological polar surface area (TPSA) is 115 Å². The molecule has 1 amide bonds. The Balaban J connectivity index is 1.94. The van der Waals surface area contributed by atoms with Crippen molar-refractivity contribution >= 4 is 21.6 Å². The number of benzene rings is 2. The molecule has 0 aromatic heterocycles. The number of nitrogens with two attached hydrogens (primary N) is 2. The van der Waals surface area contributed by atoms with Crippen molar-refractivity contribution in [3.63, 3.8) is 0 Å². The third-order valence-electron chi connectivity index (χ3n) is 3.21. The summed E-state index contributed by atoms with van der Waals surface area (Å²) in [5.41, 5.74) is 6.73. The van der Waals surface area contributed by atoms with Crippen LogP contribution in [-0.4, -0.2) is 20.9 Å². The molecule has 0 aliphatic carbocycles. The number of halogens is 1. The van der Waals surface area contributed by atoms with E-state index in [-0.39, 0.29) is 16.1 Å². The number of carbonyl (C=O) groups is 1. The van der Waals surface area contributed by atoms with E-state index in [1.54, 1.807) is 12.1 Å². The molecule has 0 saturated carbocycles. The van der Waals surface area contributed by atoms with E-state index in [1.165, 1.54) is 24.3 Å². The van der Waals surface area contributed by atoms with Crippen LogP contribution in [0.1, 0.15) is 15.9 Å². The molecular formula is C15H16FN3O3S. The largest absolute Gasteiger partial charge is 0.398 e. The van der Waals surface area contributed by atoms with Crippen molar-refractivity contribution in [1.29, 1.82) is 0 Å². The quantitative estimate of drug-likeness (QED) is 0.707. The number of primary sulfonamides is 1. The number of nitrogens with one attached hydrogen (secondary N) is 1. The first-order chi connectivity index (χ1) is 10.8. The fourth-order valence-electron chi connectivity index (χ4n) is 1.99. The molecule has 0 unspecified atom stereocenters. The monoisotopic (exact) mass is 337 g/mol. The maximum absolute atomic E-state index is 13.1. The minimum Gasteiger partial charge on any atom is -0.398 e. The molecule has 0 spiro atoms. The Bertz CT molecular complexity index is 820. The Morgan fingerprint density at radius 2 is 1.78 bits per heavy atom. The van der Waals surface area contributed by atoms with E-state index in [0.717, 1.165) is 11.6 Å². The fourth-order valence-corrected chi connectivity index (χ4v) is 2.50. The minimum absolute atomic E-state index is 0.0258. The number of amides is 1. The summed E-state index contributed by atoms with van der Waals surface area (Å²) in [6.07, 6.45) is 0.478. The summed E-state index contributed by atoms with van der Waals surface area (Å²) in [5, 5.41) is 7.64. The highest BCUT2D eigenvalue weighted by Gasteiger charge is 2.11. The molecule has 2 aromatic carbocycles. The second-order valence-electron chi connectivity index (χ2n) is 4.93. The van der Waals surface area contributed by atoms with Crippen LogP contribution in [0.4, 0.5) is 10.1 Å². The summed E-state index contributed by atoms with van der Waals surface area (Å²) in [5.74, 6) is -1.01. The molecule has 23 heavy (non-hydrogen) atoms. The van der Waals surface area contributed by atoms with E-state index in [4.69, 9.17) is 10.9 Å². The van der Waals surface area contributed by atoms with Gasteiger partial charge in [0.15, 0.2) is 0 Å². The molecule has 0 bridgehead atoms. The van der Waals surface area contributed by atoms with Gasteiger partial charge in [-0.1, -0.05) is 12.1 Å². The predicted molar refractivity (Wildman–Crippen MR) is 84.7 cm³/mol. The van der Waals surface area contributed by atoms with Gasteiger partial charge < -0.3 is 11.1 Å². The Hall–Kier alpha value is -2.45. The summed E-state index contributed by atoms with van der Waals surface area (Å²) in [7, 11) is -3.72. The van der Waals surface area contributed by atoms with Crippen LogP contribution in [0.2, 0.25) is 0 Å². The number of carbonyl (C=O) groups excluding carboxylic acids is 1. The van der Waals surface area contributed by atoms with Crippen molar-refractivity contribution in [2.75, 3.05) is 12.3 Å². The molecule has 0 fully saturated rings. The van der Waals surface area contributed by atoms with Gasteiger partial charge in [-0.25, -0.2) is 17.9 Å². The van der Waals surface area contributed by atoms with Crippen LogP contribution in [0.5, 0.6) is 0 Å². The third kappa shape index (κ3) is 4.51. The van der Waals surface area contributed by atoms with Crippen LogP contribution in [0.25, 0.3) is 0 Å². The maximum Gasteiger partial charge on any atom is 0.253 e. The van der Waals surface area contributed by atoms with Gasteiger partial charge in [-0.05, 0) is 42.3 Å². The number of rotatable bonds is 5. The van der Waals surface area contributed by atoms with Crippen molar-refractivity contribution in [2.24, 2.45) is 5.14 Å². The maximum atomic E-state index is 13.1. The molecule has 0 aliphatic rings. The molecule has 0 saturated heterocycles. The van der Waals surface area contributed by atoms with E-state index in [2.05, 4.69) is 5.32 Å². The van der Waals surface area contributed by atoms with Crippen LogP contribution in [0.15, 0.2) is 47.4 Å². The lowest BCUT2D eigenvalue weighted by molar-refractivity contribution is 0.0954. The van der Waals surface area contributed by atoms with Crippen molar-refractivity contribution in [3.8, 4) is 0 Å². The lowest BCUT2D eigenvalue weighted by Crippen LogP contribution is -2.26.